The molecule has 0 saturated carbocycles. The van der Waals surface area contributed by atoms with Crippen LogP contribution in [0.2, 0.25) is 0 Å². The zero-order chi connectivity index (χ0) is 16.6. The van der Waals surface area contributed by atoms with Crippen LogP contribution in [0, 0.1) is 5.82 Å². The molecule has 3 aromatic rings. The molecule has 0 aliphatic carbocycles. The first-order valence-electron chi connectivity index (χ1n) is 6.51. The number of hydrogen-bond donors (Lipinski definition) is 2. The number of halogens is 1. The molecule has 0 bridgehead atoms. The van der Waals surface area contributed by atoms with Gasteiger partial charge in [-0.25, -0.2) is 19.2 Å². The number of aromatic carboxylic acids is 1. The first-order chi connectivity index (χ1) is 10.9. The molecule has 3 rings (SSSR count). The van der Waals surface area contributed by atoms with Crippen molar-refractivity contribution in [2.45, 2.75) is 6.92 Å². The zero-order valence-electron chi connectivity index (χ0n) is 11.8. The maximum absolute atomic E-state index is 13.9. The quantitative estimate of drug-likeness (QED) is 0.770. The fourth-order valence-corrected chi connectivity index (χ4v) is 2.04. The Labute approximate surface area is 128 Å². The van der Waals surface area contributed by atoms with Crippen LogP contribution in [0.25, 0.3) is 22.6 Å². The molecule has 0 unspecified atom stereocenters. The third-order valence-electron chi connectivity index (χ3n) is 3.01. The number of anilines is 1. The molecule has 7 nitrogen and oxygen atoms in total. The molecular weight excluding hydrogens is 305 g/mol. The fourth-order valence-electron chi connectivity index (χ4n) is 2.04. The summed E-state index contributed by atoms with van der Waals surface area (Å²) < 4.78 is 19.3. The van der Waals surface area contributed by atoms with Crippen molar-refractivity contribution >= 4 is 28.7 Å². The Morgan fingerprint density at radius 1 is 1.30 bits per heavy atom. The largest absolute Gasteiger partial charge is 0.477 e. The number of rotatable bonds is 3. The standard InChI is InChI=1S/C15H10FN3O4/c1-7(20)18-8-2-3-13-11(4-8)19-14(23-13)9-5-12(15(21)22)17-6-10(9)16/h2-6H,1H3,(H,18,20)(H,21,22). The van der Waals surface area contributed by atoms with Crippen LogP contribution < -0.4 is 5.32 Å². The van der Waals surface area contributed by atoms with Crippen LogP contribution in [0.5, 0.6) is 0 Å². The van der Waals surface area contributed by atoms with Gasteiger partial charge in [-0.3, -0.25) is 4.79 Å². The van der Waals surface area contributed by atoms with Gasteiger partial charge in [0.05, 0.1) is 11.8 Å². The first kappa shape index (κ1) is 14.6. The molecule has 0 atom stereocenters. The molecule has 2 heterocycles. The Morgan fingerprint density at radius 2 is 2.09 bits per heavy atom. The molecule has 1 aromatic carbocycles. The highest BCUT2D eigenvalue weighted by Crippen LogP contribution is 2.28. The van der Waals surface area contributed by atoms with Crippen molar-refractivity contribution in [1.29, 1.82) is 0 Å². The van der Waals surface area contributed by atoms with E-state index in [0.717, 1.165) is 12.3 Å². The van der Waals surface area contributed by atoms with Crippen LogP contribution in [0.1, 0.15) is 17.4 Å². The molecule has 116 valence electrons. The van der Waals surface area contributed by atoms with Crippen LogP contribution in [0.4, 0.5) is 10.1 Å². The molecule has 0 fully saturated rings. The van der Waals surface area contributed by atoms with Crippen LogP contribution in [0.3, 0.4) is 0 Å². The Morgan fingerprint density at radius 3 is 2.78 bits per heavy atom. The van der Waals surface area contributed by atoms with Crippen molar-refractivity contribution in [1.82, 2.24) is 9.97 Å². The average Bonchev–Trinajstić information content (AvgIpc) is 2.89. The summed E-state index contributed by atoms with van der Waals surface area (Å²) in [6.45, 7) is 1.37. The lowest BCUT2D eigenvalue weighted by Gasteiger charge is -1.99. The number of nitrogens with zero attached hydrogens (tertiary/aromatic N) is 2. The molecule has 2 aromatic heterocycles. The van der Waals surface area contributed by atoms with Crippen molar-refractivity contribution in [3.63, 3.8) is 0 Å². The molecule has 0 radical (unpaired) electrons. The van der Waals surface area contributed by atoms with Gasteiger partial charge in [0, 0.05) is 12.6 Å². The Hall–Kier alpha value is -3.29. The number of pyridine rings is 1. The molecule has 23 heavy (non-hydrogen) atoms. The van der Waals surface area contributed by atoms with E-state index in [2.05, 4.69) is 15.3 Å². The van der Waals surface area contributed by atoms with Crippen molar-refractivity contribution in [3.05, 3.63) is 42.0 Å². The number of carbonyl (C=O) groups excluding carboxylic acids is 1. The van der Waals surface area contributed by atoms with Gasteiger partial charge < -0.3 is 14.8 Å². The third-order valence-corrected chi connectivity index (χ3v) is 3.01. The Balaban J connectivity index is 2.08. The molecule has 0 spiro atoms. The minimum Gasteiger partial charge on any atom is -0.477 e. The predicted molar refractivity (Wildman–Crippen MR) is 78.5 cm³/mol. The second-order valence-electron chi connectivity index (χ2n) is 4.74. The molecule has 0 aliphatic heterocycles. The highest BCUT2D eigenvalue weighted by atomic mass is 19.1. The van der Waals surface area contributed by atoms with Crippen LogP contribution >= 0.6 is 0 Å². The fraction of sp³-hybridized carbons (Fsp3) is 0.0667. The lowest BCUT2D eigenvalue weighted by molar-refractivity contribution is -0.114. The minimum atomic E-state index is -1.28. The number of benzene rings is 1. The van der Waals surface area contributed by atoms with Gasteiger partial charge in [-0.2, -0.15) is 0 Å². The normalized spacial score (nSPS) is 10.7. The average molecular weight is 315 g/mol. The van der Waals surface area contributed by atoms with Gasteiger partial charge in [-0.1, -0.05) is 0 Å². The van der Waals surface area contributed by atoms with Gasteiger partial charge in [0.1, 0.15) is 11.2 Å². The van der Waals surface area contributed by atoms with Gasteiger partial charge in [0.25, 0.3) is 0 Å². The van der Waals surface area contributed by atoms with Gasteiger partial charge >= 0.3 is 5.97 Å². The summed E-state index contributed by atoms with van der Waals surface area (Å²) in [5.41, 5.74) is 0.880. The van der Waals surface area contributed by atoms with Gasteiger partial charge in [-0.15, -0.1) is 0 Å². The summed E-state index contributed by atoms with van der Waals surface area (Å²) in [5, 5.41) is 11.5. The summed E-state index contributed by atoms with van der Waals surface area (Å²) in [7, 11) is 0. The predicted octanol–water partition coefficient (Wildman–Crippen LogP) is 2.69. The molecule has 0 aliphatic rings. The molecule has 2 N–H and O–H groups in total. The summed E-state index contributed by atoms with van der Waals surface area (Å²) in [6, 6.07) is 5.82. The molecular formula is C15H10FN3O4. The van der Waals surface area contributed by atoms with Crippen molar-refractivity contribution in [2.75, 3.05) is 5.32 Å². The third kappa shape index (κ3) is 2.86. The summed E-state index contributed by atoms with van der Waals surface area (Å²) in [4.78, 5) is 29.6. The smallest absolute Gasteiger partial charge is 0.354 e. The van der Waals surface area contributed by atoms with E-state index in [1.54, 1.807) is 18.2 Å². The summed E-state index contributed by atoms with van der Waals surface area (Å²) >= 11 is 0. The summed E-state index contributed by atoms with van der Waals surface area (Å²) in [6.07, 6.45) is 0.802. The van der Waals surface area contributed by atoms with E-state index in [1.165, 1.54) is 6.92 Å². The topological polar surface area (TPSA) is 105 Å². The number of carboxylic acids is 1. The molecule has 8 heteroatoms. The molecule has 1 amide bonds. The van der Waals surface area contributed by atoms with Crippen molar-refractivity contribution in [3.8, 4) is 11.5 Å². The van der Waals surface area contributed by atoms with E-state index in [0.29, 0.717) is 16.8 Å². The van der Waals surface area contributed by atoms with Gasteiger partial charge in [-0.05, 0) is 24.3 Å². The monoisotopic (exact) mass is 315 g/mol. The second kappa shape index (κ2) is 5.48. The van der Waals surface area contributed by atoms with Crippen LogP contribution in [0.15, 0.2) is 34.9 Å². The number of amides is 1. The number of oxazole rings is 1. The lowest BCUT2D eigenvalue weighted by Crippen LogP contribution is -2.05. The van der Waals surface area contributed by atoms with E-state index in [4.69, 9.17) is 9.52 Å². The number of hydrogen-bond acceptors (Lipinski definition) is 5. The number of carbonyl (C=O) groups is 2. The SMILES string of the molecule is CC(=O)Nc1ccc2oc(-c3cc(C(=O)O)ncc3F)nc2c1. The highest BCUT2D eigenvalue weighted by molar-refractivity contribution is 5.91. The van der Waals surface area contributed by atoms with E-state index >= 15 is 0 Å². The number of nitrogens with one attached hydrogen (secondary N) is 1. The van der Waals surface area contributed by atoms with Crippen molar-refractivity contribution < 1.29 is 23.5 Å². The maximum Gasteiger partial charge on any atom is 0.354 e. The Kier molecular flexibility index (Phi) is 3.49. The number of carboxylic acid groups (broad SMARTS) is 1. The number of fused-ring (bicyclic) bond motifs is 1. The van der Waals surface area contributed by atoms with Crippen LogP contribution in [-0.4, -0.2) is 27.0 Å². The van der Waals surface area contributed by atoms with E-state index in [9.17, 15) is 14.0 Å². The molecule has 0 saturated heterocycles. The Bertz CT molecular complexity index is 936. The highest BCUT2D eigenvalue weighted by Gasteiger charge is 2.17. The van der Waals surface area contributed by atoms with Crippen molar-refractivity contribution in [2.24, 2.45) is 0 Å². The second-order valence-corrected chi connectivity index (χ2v) is 4.74. The first-order valence-corrected chi connectivity index (χ1v) is 6.51. The van der Waals surface area contributed by atoms with E-state index in [1.807, 2.05) is 0 Å². The van der Waals surface area contributed by atoms with E-state index < -0.39 is 11.8 Å². The van der Waals surface area contributed by atoms with Gasteiger partial charge in [0.2, 0.25) is 11.8 Å². The zero-order valence-corrected chi connectivity index (χ0v) is 11.8. The van der Waals surface area contributed by atoms with Crippen LogP contribution in [-0.2, 0) is 4.79 Å². The van der Waals surface area contributed by atoms with E-state index in [-0.39, 0.29) is 23.1 Å². The summed E-state index contributed by atoms with van der Waals surface area (Å²) in [5.74, 6) is -2.33. The minimum absolute atomic E-state index is 0.0672. The maximum atomic E-state index is 13.9. The number of aromatic nitrogens is 2. The lowest BCUT2D eigenvalue weighted by atomic mass is 10.2. The van der Waals surface area contributed by atoms with Gasteiger partial charge in [0.15, 0.2) is 11.4 Å².